The lowest BCUT2D eigenvalue weighted by Crippen LogP contribution is -1.91. The molecule has 1 N–H and O–H groups in total. The molecule has 0 aliphatic heterocycles. The van der Waals surface area contributed by atoms with E-state index in [1.807, 2.05) is 19.1 Å². The van der Waals surface area contributed by atoms with Gasteiger partial charge in [-0.2, -0.15) is 0 Å². The number of hydrogen-bond donors (Lipinski definition) is 1. The van der Waals surface area contributed by atoms with Gasteiger partial charge in [0.05, 0.1) is 0 Å². The van der Waals surface area contributed by atoms with Crippen LogP contribution in [0.2, 0.25) is 0 Å². The molecule has 9 heavy (non-hydrogen) atoms. The Hall–Kier alpha value is -0.790. The standard InChI is InChI=1S/C7H12O2/c1-2-3-4-5-6-7(8)9/h3-4H,2,5-6H2,1H3,(H,8,9)/b4-3-. The van der Waals surface area contributed by atoms with Crippen molar-refractivity contribution in [3.8, 4) is 0 Å². The highest BCUT2D eigenvalue weighted by molar-refractivity contribution is 5.66. The van der Waals surface area contributed by atoms with E-state index in [0.717, 1.165) is 6.42 Å². The minimum atomic E-state index is -0.726. The summed E-state index contributed by atoms with van der Waals surface area (Å²) in [5.41, 5.74) is 0. The van der Waals surface area contributed by atoms with Gasteiger partial charge in [-0.15, -0.1) is 0 Å². The molecule has 0 heterocycles. The molecule has 0 aliphatic carbocycles. The molecule has 52 valence electrons. The fourth-order valence-electron chi connectivity index (χ4n) is 0.491. The number of carbonyl (C=O) groups is 1. The first-order valence-corrected chi connectivity index (χ1v) is 3.14. The van der Waals surface area contributed by atoms with Crippen molar-refractivity contribution in [3.63, 3.8) is 0 Å². The summed E-state index contributed by atoms with van der Waals surface area (Å²) < 4.78 is 0. The number of hydrogen-bond acceptors (Lipinski definition) is 1. The van der Waals surface area contributed by atoms with Gasteiger partial charge < -0.3 is 5.11 Å². The zero-order chi connectivity index (χ0) is 7.11. The van der Waals surface area contributed by atoms with Crippen LogP contribution in [0.15, 0.2) is 12.2 Å². The molecular weight excluding hydrogens is 116 g/mol. The number of carboxylic acid groups (broad SMARTS) is 1. The molecule has 0 aromatic heterocycles. The van der Waals surface area contributed by atoms with Crippen LogP contribution in [0.25, 0.3) is 0 Å². The second-order valence-corrected chi connectivity index (χ2v) is 1.81. The van der Waals surface area contributed by atoms with Gasteiger partial charge in [-0.1, -0.05) is 19.1 Å². The van der Waals surface area contributed by atoms with Gasteiger partial charge in [-0.3, -0.25) is 4.79 Å². The Morgan fingerprint density at radius 3 is 2.67 bits per heavy atom. The quantitative estimate of drug-likeness (QED) is 0.586. The molecule has 0 fully saturated rings. The highest BCUT2D eigenvalue weighted by Crippen LogP contribution is 1.91. The monoisotopic (exact) mass is 128 g/mol. The third-order valence-electron chi connectivity index (χ3n) is 0.927. The zero-order valence-corrected chi connectivity index (χ0v) is 5.63. The molecular formula is C7H12O2. The Kier molecular flexibility index (Phi) is 4.88. The zero-order valence-electron chi connectivity index (χ0n) is 5.63. The largest absolute Gasteiger partial charge is 0.481 e. The maximum absolute atomic E-state index is 9.93. The Labute approximate surface area is 55.2 Å². The van der Waals surface area contributed by atoms with Crippen molar-refractivity contribution in [2.45, 2.75) is 26.2 Å². The first kappa shape index (κ1) is 8.21. The fraction of sp³-hybridized carbons (Fsp3) is 0.571. The Balaban J connectivity index is 3.09. The van der Waals surface area contributed by atoms with Crippen LogP contribution < -0.4 is 0 Å². The second-order valence-electron chi connectivity index (χ2n) is 1.81. The van der Waals surface area contributed by atoms with Gasteiger partial charge >= 0.3 is 5.97 Å². The Morgan fingerprint density at radius 1 is 1.56 bits per heavy atom. The van der Waals surface area contributed by atoms with E-state index in [1.165, 1.54) is 0 Å². The van der Waals surface area contributed by atoms with Gasteiger partial charge in [-0.25, -0.2) is 0 Å². The highest BCUT2D eigenvalue weighted by atomic mass is 16.4. The third kappa shape index (κ3) is 7.21. The topological polar surface area (TPSA) is 37.3 Å². The van der Waals surface area contributed by atoms with Crippen LogP contribution in [0, 0.1) is 0 Å². The van der Waals surface area contributed by atoms with Crippen LogP contribution in [0.5, 0.6) is 0 Å². The third-order valence-corrected chi connectivity index (χ3v) is 0.927. The van der Waals surface area contributed by atoms with Crippen molar-refractivity contribution < 1.29 is 9.90 Å². The van der Waals surface area contributed by atoms with Crippen molar-refractivity contribution in [2.75, 3.05) is 0 Å². The number of aliphatic carboxylic acids is 1. The average Bonchev–Trinajstić information content (AvgIpc) is 1.80. The normalized spacial score (nSPS) is 10.3. The number of allylic oxidation sites excluding steroid dienone is 2. The van der Waals surface area contributed by atoms with E-state index >= 15 is 0 Å². The van der Waals surface area contributed by atoms with E-state index in [4.69, 9.17) is 5.11 Å². The maximum atomic E-state index is 9.93. The van der Waals surface area contributed by atoms with Crippen molar-refractivity contribution in [2.24, 2.45) is 0 Å². The Morgan fingerprint density at radius 2 is 2.22 bits per heavy atom. The molecule has 0 aromatic rings. The minimum absolute atomic E-state index is 0.247. The molecule has 0 radical (unpaired) electrons. The molecule has 0 saturated heterocycles. The second kappa shape index (κ2) is 5.35. The van der Waals surface area contributed by atoms with E-state index in [1.54, 1.807) is 0 Å². The van der Waals surface area contributed by atoms with Gasteiger partial charge in [-0.05, 0) is 12.8 Å². The summed E-state index contributed by atoms with van der Waals surface area (Å²) in [5.74, 6) is -0.726. The summed E-state index contributed by atoms with van der Waals surface area (Å²) in [5, 5.41) is 8.18. The molecule has 0 saturated carbocycles. The van der Waals surface area contributed by atoms with Crippen molar-refractivity contribution in [1.29, 1.82) is 0 Å². The molecule has 0 unspecified atom stereocenters. The van der Waals surface area contributed by atoms with Crippen molar-refractivity contribution in [1.82, 2.24) is 0 Å². The molecule has 0 amide bonds. The van der Waals surface area contributed by atoms with Gasteiger partial charge in [0.2, 0.25) is 0 Å². The lowest BCUT2D eigenvalue weighted by Gasteiger charge is -1.85. The SMILES string of the molecule is CC/C=C\CCC(=O)O. The van der Waals surface area contributed by atoms with Gasteiger partial charge in [0, 0.05) is 6.42 Å². The summed E-state index contributed by atoms with van der Waals surface area (Å²) in [6, 6.07) is 0. The molecule has 0 aromatic carbocycles. The van der Waals surface area contributed by atoms with Gasteiger partial charge in [0.25, 0.3) is 0 Å². The first-order chi connectivity index (χ1) is 4.27. The predicted molar refractivity (Wildman–Crippen MR) is 36.3 cm³/mol. The average molecular weight is 128 g/mol. The van der Waals surface area contributed by atoms with Crippen LogP contribution >= 0.6 is 0 Å². The van der Waals surface area contributed by atoms with Crippen LogP contribution in [0.3, 0.4) is 0 Å². The van der Waals surface area contributed by atoms with Gasteiger partial charge in [0.1, 0.15) is 0 Å². The molecule has 2 nitrogen and oxygen atoms in total. The molecule has 0 aliphatic rings. The van der Waals surface area contributed by atoms with E-state index in [0.29, 0.717) is 6.42 Å². The first-order valence-electron chi connectivity index (χ1n) is 3.14. The van der Waals surface area contributed by atoms with E-state index in [-0.39, 0.29) is 6.42 Å². The van der Waals surface area contributed by atoms with Crippen molar-refractivity contribution >= 4 is 5.97 Å². The van der Waals surface area contributed by atoms with E-state index in [2.05, 4.69) is 0 Å². The van der Waals surface area contributed by atoms with Gasteiger partial charge in [0.15, 0.2) is 0 Å². The van der Waals surface area contributed by atoms with E-state index in [9.17, 15) is 4.79 Å². The summed E-state index contributed by atoms with van der Waals surface area (Å²) in [6.07, 6.45) is 5.76. The number of carboxylic acids is 1. The van der Waals surface area contributed by atoms with Crippen molar-refractivity contribution in [3.05, 3.63) is 12.2 Å². The summed E-state index contributed by atoms with van der Waals surface area (Å²) >= 11 is 0. The van der Waals surface area contributed by atoms with Crippen LogP contribution in [-0.2, 0) is 4.79 Å². The molecule has 0 bridgehead atoms. The summed E-state index contributed by atoms with van der Waals surface area (Å²) in [7, 11) is 0. The lowest BCUT2D eigenvalue weighted by atomic mass is 10.3. The van der Waals surface area contributed by atoms with Crippen LogP contribution in [-0.4, -0.2) is 11.1 Å². The molecule has 2 heteroatoms. The molecule has 0 atom stereocenters. The lowest BCUT2D eigenvalue weighted by molar-refractivity contribution is -0.136. The molecule has 0 rings (SSSR count). The Bertz CT molecular complexity index is 105. The fourth-order valence-corrected chi connectivity index (χ4v) is 0.491. The summed E-state index contributed by atoms with van der Waals surface area (Å²) in [6.45, 7) is 2.03. The molecule has 0 spiro atoms. The number of rotatable bonds is 4. The summed E-state index contributed by atoms with van der Waals surface area (Å²) in [4.78, 5) is 9.93. The smallest absolute Gasteiger partial charge is 0.303 e. The minimum Gasteiger partial charge on any atom is -0.481 e. The van der Waals surface area contributed by atoms with Crippen LogP contribution in [0.4, 0.5) is 0 Å². The highest BCUT2D eigenvalue weighted by Gasteiger charge is 1.90. The van der Waals surface area contributed by atoms with Crippen LogP contribution in [0.1, 0.15) is 26.2 Å². The predicted octanol–water partition coefficient (Wildman–Crippen LogP) is 1.82. The maximum Gasteiger partial charge on any atom is 0.303 e. The van der Waals surface area contributed by atoms with E-state index < -0.39 is 5.97 Å².